The van der Waals surface area contributed by atoms with Gasteiger partial charge in [0.05, 0.1) is 6.61 Å². The lowest BCUT2D eigenvalue weighted by Crippen LogP contribution is -2.09. The Labute approximate surface area is 111 Å². The maximum absolute atomic E-state index is 13.2. The lowest BCUT2D eigenvalue weighted by Gasteiger charge is -2.05. The zero-order chi connectivity index (χ0) is 13.5. The molecule has 2 aromatic rings. The molecule has 1 heterocycles. The average molecular weight is 259 g/mol. The van der Waals surface area contributed by atoms with Crippen LogP contribution in [0.5, 0.6) is 0 Å². The second kappa shape index (κ2) is 6.64. The number of benzene rings is 1. The van der Waals surface area contributed by atoms with Gasteiger partial charge in [-0.05, 0) is 30.5 Å². The van der Waals surface area contributed by atoms with E-state index in [-0.39, 0.29) is 12.2 Å². The Morgan fingerprint density at radius 1 is 1.16 bits per heavy atom. The molecule has 4 heteroatoms. The highest BCUT2D eigenvalue weighted by atomic mass is 19.1. The number of carbonyl (C=O) groups is 1. The van der Waals surface area contributed by atoms with E-state index in [1.54, 1.807) is 0 Å². The van der Waals surface area contributed by atoms with E-state index >= 15 is 0 Å². The fourth-order valence-electron chi connectivity index (χ4n) is 1.70. The lowest BCUT2D eigenvalue weighted by atomic mass is 10.1. The van der Waals surface area contributed by atoms with Gasteiger partial charge >= 0.3 is 5.97 Å². The van der Waals surface area contributed by atoms with Crippen LogP contribution in [0.2, 0.25) is 0 Å². The van der Waals surface area contributed by atoms with Crippen molar-refractivity contribution in [2.45, 2.75) is 12.8 Å². The van der Waals surface area contributed by atoms with Crippen molar-refractivity contribution >= 4 is 5.97 Å². The zero-order valence-corrected chi connectivity index (χ0v) is 10.4. The number of ether oxygens (including phenoxy) is 1. The number of aromatic nitrogens is 1. The first-order valence-corrected chi connectivity index (χ1v) is 6.09. The quantitative estimate of drug-likeness (QED) is 0.470. The van der Waals surface area contributed by atoms with Gasteiger partial charge in [-0.3, -0.25) is 0 Å². The summed E-state index contributed by atoms with van der Waals surface area (Å²) in [5.74, 6) is -1.46. The van der Waals surface area contributed by atoms with E-state index in [1.807, 2.05) is 30.3 Å². The summed E-state index contributed by atoms with van der Waals surface area (Å²) < 4.78 is 18.2. The molecule has 1 aromatic heterocycles. The molecule has 2 rings (SSSR count). The molecule has 0 saturated carbocycles. The van der Waals surface area contributed by atoms with Gasteiger partial charge in [0.25, 0.3) is 0 Å². The van der Waals surface area contributed by atoms with E-state index in [0.29, 0.717) is 6.42 Å². The molecular formula is C15H14FNO2. The van der Waals surface area contributed by atoms with Crippen molar-refractivity contribution < 1.29 is 13.9 Å². The lowest BCUT2D eigenvalue weighted by molar-refractivity contribution is 0.0494. The van der Waals surface area contributed by atoms with Crippen molar-refractivity contribution in [1.82, 2.24) is 4.98 Å². The van der Waals surface area contributed by atoms with Crippen LogP contribution in [0, 0.1) is 5.95 Å². The summed E-state index contributed by atoms with van der Waals surface area (Å²) in [5.41, 5.74) is 1.06. The summed E-state index contributed by atoms with van der Waals surface area (Å²) >= 11 is 0. The first-order chi connectivity index (χ1) is 9.27. The molecule has 1 aromatic carbocycles. The van der Waals surface area contributed by atoms with Gasteiger partial charge in [0.2, 0.25) is 5.95 Å². The predicted octanol–water partition coefficient (Wildman–Crippen LogP) is 3.01. The fourth-order valence-corrected chi connectivity index (χ4v) is 1.70. The Morgan fingerprint density at radius 2 is 1.95 bits per heavy atom. The molecule has 0 aliphatic carbocycles. The summed E-state index contributed by atoms with van der Waals surface area (Å²) in [5, 5.41) is 0. The topological polar surface area (TPSA) is 39.2 Å². The van der Waals surface area contributed by atoms with E-state index in [2.05, 4.69) is 4.98 Å². The van der Waals surface area contributed by atoms with E-state index < -0.39 is 11.9 Å². The first-order valence-electron chi connectivity index (χ1n) is 6.09. The van der Waals surface area contributed by atoms with Crippen molar-refractivity contribution in [2.75, 3.05) is 6.61 Å². The molecule has 0 atom stereocenters. The number of carbonyl (C=O) groups excluding carboxylic acids is 1. The van der Waals surface area contributed by atoms with Crippen LogP contribution in [0.25, 0.3) is 0 Å². The van der Waals surface area contributed by atoms with E-state index in [0.717, 1.165) is 6.42 Å². The van der Waals surface area contributed by atoms with E-state index in [4.69, 9.17) is 4.74 Å². The fraction of sp³-hybridized carbons (Fsp3) is 0.200. The molecule has 0 bridgehead atoms. The van der Waals surface area contributed by atoms with Gasteiger partial charge in [0.1, 0.15) is 5.56 Å². The van der Waals surface area contributed by atoms with Gasteiger partial charge in [0, 0.05) is 6.20 Å². The number of rotatable bonds is 5. The maximum atomic E-state index is 13.2. The summed E-state index contributed by atoms with van der Waals surface area (Å²) in [6.07, 6.45) is 2.82. The summed E-state index contributed by atoms with van der Waals surface area (Å²) in [6, 6.07) is 12.8. The highest BCUT2D eigenvalue weighted by Gasteiger charge is 2.12. The highest BCUT2D eigenvalue weighted by Crippen LogP contribution is 2.07. The van der Waals surface area contributed by atoms with Crippen molar-refractivity contribution in [1.29, 1.82) is 0 Å². The minimum Gasteiger partial charge on any atom is -0.462 e. The van der Waals surface area contributed by atoms with E-state index in [1.165, 1.54) is 23.9 Å². The zero-order valence-electron chi connectivity index (χ0n) is 10.4. The Bertz CT molecular complexity index is 543. The third-order valence-corrected chi connectivity index (χ3v) is 2.66. The molecule has 3 nitrogen and oxygen atoms in total. The molecule has 0 amide bonds. The largest absolute Gasteiger partial charge is 0.462 e. The number of hydrogen-bond acceptors (Lipinski definition) is 3. The van der Waals surface area contributed by atoms with Crippen LogP contribution >= 0.6 is 0 Å². The van der Waals surface area contributed by atoms with Gasteiger partial charge in [-0.2, -0.15) is 4.39 Å². The van der Waals surface area contributed by atoms with Crippen LogP contribution < -0.4 is 0 Å². The molecular weight excluding hydrogens is 245 g/mol. The molecule has 0 saturated heterocycles. The molecule has 98 valence electrons. The first kappa shape index (κ1) is 13.2. The molecule has 19 heavy (non-hydrogen) atoms. The molecule has 0 unspecified atom stereocenters. The molecule has 0 spiro atoms. The third kappa shape index (κ3) is 3.88. The van der Waals surface area contributed by atoms with Crippen molar-refractivity contribution in [3.8, 4) is 0 Å². The highest BCUT2D eigenvalue weighted by molar-refractivity contribution is 5.89. The predicted molar refractivity (Wildman–Crippen MR) is 69.2 cm³/mol. The second-order valence-corrected chi connectivity index (χ2v) is 4.07. The minimum absolute atomic E-state index is 0.123. The maximum Gasteiger partial charge on any atom is 0.342 e. The Hall–Kier alpha value is -2.23. The minimum atomic E-state index is -0.796. The van der Waals surface area contributed by atoms with Crippen molar-refractivity contribution in [2.24, 2.45) is 0 Å². The van der Waals surface area contributed by atoms with Crippen LogP contribution in [0.3, 0.4) is 0 Å². The summed E-state index contributed by atoms with van der Waals surface area (Å²) in [4.78, 5) is 15.0. The van der Waals surface area contributed by atoms with Crippen molar-refractivity contribution in [3.63, 3.8) is 0 Å². The second-order valence-electron chi connectivity index (χ2n) is 4.07. The number of pyridine rings is 1. The molecule has 0 aliphatic rings. The third-order valence-electron chi connectivity index (χ3n) is 2.66. The van der Waals surface area contributed by atoms with Gasteiger partial charge in [-0.15, -0.1) is 0 Å². The number of nitrogens with zero attached hydrogens (tertiary/aromatic N) is 1. The number of halogens is 1. The SMILES string of the molecule is O=C(OCCCc1ccccc1)c1cccnc1F. The van der Waals surface area contributed by atoms with Crippen molar-refractivity contribution in [3.05, 3.63) is 65.7 Å². The standard InChI is InChI=1S/C15H14FNO2/c16-14-13(9-4-10-17-14)15(18)19-11-5-8-12-6-2-1-3-7-12/h1-4,6-7,9-10H,5,8,11H2. The molecule has 0 aliphatic heterocycles. The van der Waals surface area contributed by atoms with Crippen LogP contribution in [-0.4, -0.2) is 17.6 Å². The molecule has 0 N–H and O–H groups in total. The van der Waals surface area contributed by atoms with E-state index in [9.17, 15) is 9.18 Å². The Balaban J connectivity index is 1.77. The van der Waals surface area contributed by atoms with Crippen LogP contribution in [0.4, 0.5) is 4.39 Å². The average Bonchev–Trinajstić information content (AvgIpc) is 2.45. The van der Waals surface area contributed by atoms with Crippen LogP contribution in [0.15, 0.2) is 48.7 Å². The number of hydrogen-bond donors (Lipinski definition) is 0. The van der Waals surface area contributed by atoms with Crippen LogP contribution in [0.1, 0.15) is 22.3 Å². The van der Waals surface area contributed by atoms with Crippen LogP contribution in [-0.2, 0) is 11.2 Å². The summed E-state index contributed by atoms with van der Waals surface area (Å²) in [6.45, 7) is 0.266. The Morgan fingerprint density at radius 3 is 2.68 bits per heavy atom. The molecule has 0 radical (unpaired) electrons. The summed E-state index contributed by atoms with van der Waals surface area (Å²) in [7, 11) is 0. The molecule has 0 fully saturated rings. The monoisotopic (exact) mass is 259 g/mol. The van der Waals surface area contributed by atoms with Gasteiger partial charge in [0.15, 0.2) is 0 Å². The smallest absolute Gasteiger partial charge is 0.342 e. The number of aryl methyl sites for hydroxylation is 1. The van der Waals surface area contributed by atoms with Gasteiger partial charge < -0.3 is 4.74 Å². The Kier molecular flexibility index (Phi) is 4.61. The normalized spacial score (nSPS) is 10.2. The van der Waals surface area contributed by atoms with Gasteiger partial charge in [-0.25, -0.2) is 9.78 Å². The number of esters is 1. The van der Waals surface area contributed by atoms with Gasteiger partial charge in [-0.1, -0.05) is 30.3 Å².